The van der Waals surface area contributed by atoms with Crippen LogP contribution in [0.2, 0.25) is 0 Å². The molecule has 0 aromatic carbocycles. The molecule has 7 heavy (non-hydrogen) atoms. The van der Waals surface area contributed by atoms with Gasteiger partial charge in [-0.25, -0.2) is 5.43 Å². The van der Waals surface area contributed by atoms with Crippen molar-refractivity contribution in [2.45, 2.75) is 5.37 Å². The molecule has 0 amide bonds. The van der Waals surface area contributed by atoms with Gasteiger partial charge in [-0.05, 0) is 11.5 Å². The summed E-state index contributed by atoms with van der Waals surface area (Å²) < 4.78 is 0. The van der Waals surface area contributed by atoms with Crippen LogP contribution in [0.3, 0.4) is 0 Å². The zero-order valence-electron chi connectivity index (χ0n) is 3.63. The fourth-order valence-corrected chi connectivity index (χ4v) is 2.12. The number of hydrazine groups is 1. The Labute approximate surface area is 50.3 Å². The van der Waals surface area contributed by atoms with Crippen LogP contribution in [-0.2, 0) is 0 Å². The number of rotatable bonds is 1. The van der Waals surface area contributed by atoms with Gasteiger partial charge in [-0.15, -0.1) is 0 Å². The first-order chi connectivity index (χ1) is 3.43. The fourth-order valence-electron chi connectivity index (χ4n) is 0.311. The van der Waals surface area contributed by atoms with Crippen LogP contribution in [-0.4, -0.2) is 5.37 Å². The minimum Gasteiger partial charge on any atom is -0.270 e. The van der Waals surface area contributed by atoms with Crippen molar-refractivity contribution in [1.29, 1.82) is 0 Å². The molecule has 40 valence electrons. The molecule has 0 aromatic rings. The highest BCUT2D eigenvalue weighted by Crippen LogP contribution is 2.32. The minimum absolute atomic E-state index is 0.324. The van der Waals surface area contributed by atoms with Gasteiger partial charge >= 0.3 is 0 Å². The Morgan fingerprint density at radius 1 is 1.71 bits per heavy atom. The quantitative estimate of drug-likeness (QED) is 0.314. The lowest BCUT2D eigenvalue weighted by molar-refractivity contribution is 0.785. The lowest BCUT2D eigenvalue weighted by Gasteiger charge is -1.99. The van der Waals surface area contributed by atoms with Crippen molar-refractivity contribution in [2.24, 2.45) is 5.84 Å². The van der Waals surface area contributed by atoms with E-state index in [0.717, 1.165) is 0 Å². The monoisotopic (exact) mass is 134 g/mol. The predicted molar refractivity (Wildman–Crippen MR) is 35.4 cm³/mol. The molecule has 3 N–H and O–H groups in total. The highest BCUT2D eigenvalue weighted by molar-refractivity contribution is 8.78. The van der Waals surface area contributed by atoms with Gasteiger partial charge in [0.25, 0.3) is 0 Å². The maximum atomic E-state index is 5.10. The van der Waals surface area contributed by atoms with Gasteiger partial charge in [-0.2, -0.15) is 0 Å². The van der Waals surface area contributed by atoms with Crippen LogP contribution >= 0.6 is 21.6 Å². The molecular weight excluding hydrogens is 128 g/mol. The molecule has 0 spiro atoms. The summed E-state index contributed by atoms with van der Waals surface area (Å²) in [4.78, 5) is 0. The molecule has 1 heterocycles. The summed E-state index contributed by atoms with van der Waals surface area (Å²) in [5.41, 5.74) is 2.62. The molecule has 0 saturated carbocycles. The molecule has 0 fully saturated rings. The molecule has 0 saturated heterocycles. The van der Waals surface area contributed by atoms with Gasteiger partial charge in [0.2, 0.25) is 0 Å². The van der Waals surface area contributed by atoms with Crippen molar-refractivity contribution in [2.75, 3.05) is 0 Å². The molecule has 0 aromatic heterocycles. The summed E-state index contributed by atoms with van der Waals surface area (Å²) in [7, 11) is 3.41. The van der Waals surface area contributed by atoms with Gasteiger partial charge in [-0.1, -0.05) is 21.6 Å². The molecule has 0 radical (unpaired) electrons. The second kappa shape index (κ2) is 2.61. The van der Waals surface area contributed by atoms with Crippen LogP contribution in [0.15, 0.2) is 11.5 Å². The number of nitrogens with two attached hydrogens (primary N) is 1. The van der Waals surface area contributed by atoms with Crippen LogP contribution in [0, 0.1) is 0 Å². The Morgan fingerprint density at radius 3 is 2.86 bits per heavy atom. The first-order valence-electron chi connectivity index (χ1n) is 1.88. The highest BCUT2D eigenvalue weighted by atomic mass is 33.1. The lowest BCUT2D eigenvalue weighted by atomic mass is 10.6. The normalized spacial score (nSPS) is 29.0. The fraction of sp³-hybridized carbons (Fsp3) is 0.333. The van der Waals surface area contributed by atoms with Crippen LogP contribution in [0.4, 0.5) is 0 Å². The second-order valence-corrected chi connectivity index (χ2v) is 3.43. The smallest absolute Gasteiger partial charge is 0.0958 e. The SMILES string of the molecule is NNC1C=CSS1. The summed E-state index contributed by atoms with van der Waals surface area (Å²) in [5.74, 6) is 5.10. The maximum Gasteiger partial charge on any atom is 0.0958 e. The topological polar surface area (TPSA) is 38.0 Å². The van der Waals surface area contributed by atoms with Crippen molar-refractivity contribution < 1.29 is 0 Å². The van der Waals surface area contributed by atoms with Crippen LogP contribution in [0.25, 0.3) is 0 Å². The minimum atomic E-state index is 0.324. The van der Waals surface area contributed by atoms with Gasteiger partial charge in [0.05, 0.1) is 5.37 Å². The molecule has 0 bridgehead atoms. The molecule has 1 unspecified atom stereocenters. The number of nitrogens with one attached hydrogen (secondary N) is 1. The molecule has 2 nitrogen and oxygen atoms in total. The summed E-state index contributed by atoms with van der Waals surface area (Å²) >= 11 is 0. The summed E-state index contributed by atoms with van der Waals surface area (Å²) in [6.45, 7) is 0. The van der Waals surface area contributed by atoms with Gasteiger partial charge < -0.3 is 0 Å². The molecular formula is C3H6N2S2. The van der Waals surface area contributed by atoms with Crippen LogP contribution in [0.5, 0.6) is 0 Å². The molecule has 1 aliphatic heterocycles. The van der Waals surface area contributed by atoms with Gasteiger partial charge in [0, 0.05) is 0 Å². The zero-order valence-corrected chi connectivity index (χ0v) is 5.26. The highest BCUT2D eigenvalue weighted by Gasteiger charge is 2.05. The lowest BCUT2D eigenvalue weighted by Crippen LogP contribution is -2.28. The third-order valence-electron chi connectivity index (χ3n) is 0.632. The zero-order chi connectivity index (χ0) is 5.11. The molecule has 0 aliphatic carbocycles. The van der Waals surface area contributed by atoms with E-state index in [4.69, 9.17) is 5.84 Å². The molecule has 1 rings (SSSR count). The van der Waals surface area contributed by atoms with Crippen LogP contribution in [0.1, 0.15) is 0 Å². The number of hydrogen-bond acceptors (Lipinski definition) is 4. The van der Waals surface area contributed by atoms with E-state index in [-0.39, 0.29) is 0 Å². The standard InChI is InChI=1S/C3H6N2S2/c4-5-3-1-2-6-7-3/h1-3,5H,4H2. The summed E-state index contributed by atoms with van der Waals surface area (Å²) in [6, 6.07) is 0. The first-order valence-corrected chi connectivity index (χ1v) is 4.16. The predicted octanol–water partition coefficient (Wildman–Crippen LogP) is 0.685. The largest absolute Gasteiger partial charge is 0.270 e. The van der Waals surface area contributed by atoms with E-state index >= 15 is 0 Å². The van der Waals surface area contributed by atoms with E-state index in [1.165, 1.54) is 0 Å². The van der Waals surface area contributed by atoms with E-state index < -0.39 is 0 Å². The van der Waals surface area contributed by atoms with Crippen molar-refractivity contribution in [3.05, 3.63) is 11.5 Å². The van der Waals surface area contributed by atoms with Crippen LogP contribution < -0.4 is 11.3 Å². The Morgan fingerprint density at radius 2 is 2.57 bits per heavy atom. The Kier molecular flexibility index (Phi) is 2.05. The van der Waals surface area contributed by atoms with Gasteiger partial charge in [0.1, 0.15) is 0 Å². The average molecular weight is 134 g/mol. The Balaban J connectivity index is 2.28. The van der Waals surface area contributed by atoms with E-state index in [2.05, 4.69) is 5.43 Å². The molecule has 1 atom stereocenters. The Bertz CT molecular complexity index is 83.0. The first kappa shape index (κ1) is 5.50. The molecule has 1 aliphatic rings. The average Bonchev–Trinajstić information content (AvgIpc) is 2.14. The maximum absolute atomic E-state index is 5.10. The third kappa shape index (κ3) is 1.38. The molecule has 4 heteroatoms. The van der Waals surface area contributed by atoms with Crippen molar-refractivity contribution >= 4 is 21.6 Å². The summed E-state index contributed by atoms with van der Waals surface area (Å²) in [5, 5.41) is 2.35. The summed E-state index contributed by atoms with van der Waals surface area (Å²) in [6.07, 6.45) is 2.02. The van der Waals surface area contributed by atoms with Gasteiger partial charge in [0.15, 0.2) is 0 Å². The van der Waals surface area contributed by atoms with E-state index in [1.807, 2.05) is 11.5 Å². The van der Waals surface area contributed by atoms with Crippen molar-refractivity contribution in [3.63, 3.8) is 0 Å². The van der Waals surface area contributed by atoms with Gasteiger partial charge in [-0.3, -0.25) is 5.84 Å². The Hall–Kier alpha value is 0.360. The van der Waals surface area contributed by atoms with E-state index in [1.54, 1.807) is 21.6 Å². The van der Waals surface area contributed by atoms with Crippen molar-refractivity contribution in [1.82, 2.24) is 5.43 Å². The van der Waals surface area contributed by atoms with Crippen molar-refractivity contribution in [3.8, 4) is 0 Å². The van der Waals surface area contributed by atoms with E-state index in [9.17, 15) is 0 Å². The number of hydrogen-bond donors (Lipinski definition) is 2. The van der Waals surface area contributed by atoms with E-state index in [0.29, 0.717) is 5.37 Å². The third-order valence-corrected chi connectivity index (χ3v) is 2.80. The second-order valence-electron chi connectivity index (χ2n) is 1.11.